The van der Waals surface area contributed by atoms with Crippen LogP contribution in [0.15, 0.2) is 33.5 Å². The fourth-order valence-corrected chi connectivity index (χ4v) is 2.03. The smallest absolute Gasteiger partial charge is 0.389 e. The van der Waals surface area contributed by atoms with E-state index in [2.05, 4.69) is 25.9 Å². The van der Waals surface area contributed by atoms with E-state index in [0.717, 1.165) is 4.47 Å². The summed E-state index contributed by atoms with van der Waals surface area (Å²) in [5.41, 5.74) is -0.327. The van der Waals surface area contributed by atoms with Crippen LogP contribution in [-0.4, -0.2) is 21.3 Å². The van der Waals surface area contributed by atoms with Gasteiger partial charge >= 0.3 is 6.18 Å². The Labute approximate surface area is 125 Å². The molecule has 0 saturated heterocycles. The summed E-state index contributed by atoms with van der Waals surface area (Å²) in [6, 6.07) is 6.52. The molecule has 21 heavy (non-hydrogen) atoms. The van der Waals surface area contributed by atoms with Crippen LogP contribution >= 0.6 is 15.9 Å². The SMILES string of the molecule is O=c1[nH]c(CCC(F)(F)F)nc(O)c1-c1ccc(Br)cc1. The molecule has 0 aliphatic rings. The van der Waals surface area contributed by atoms with Gasteiger partial charge in [0.05, 0.1) is 6.42 Å². The van der Waals surface area contributed by atoms with Gasteiger partial charge in [-0.2, -0.15) is 18.2 Å². The summed E-state index contributed by atoms with van der Waals surface area (Å²) >= 11 is 3.24. The lowest BCUT2D eigenvalue weighted by molar-refractivity contribution is -0.134. The Bertz CT molecular complexity index is 696. The van der Waals surface area contributed by atoms with Crippen molar-refractivity contribution in [3.05, 3.63) is 44.9 Å². The molecule has 0 saturated carbocycles. The topological polar surface area (TPSA) is 66.0 Å². The lowest BCUT2D eigenvalue weighted by Crippen LogP contribution is -2.16. The first-order valence-corrected chi connectivity index (χ1v) is 6.70. The molecule has 0 radical (unpaired) electrons. The molecule has 1 aromatic heterocycles. The van der Waals surface area contributed by atoms with Crippen LogP contribution < -0.4 is 5.56 Å². The molecule has 0 atom stereocenters. The molecule has 2 aromatic rings. The van der Waals surface area contributed by atoms with Crippen LogP contribution in [0.2, 0.25) is 0 Å². The fourth-order valence-electron chi connectivity index (χ4n) is 1.76. The Kier molecular flexibility index (Phi) is 4.36. The van der Waals surface area contributed by atoms with Crippen LogP contribution in [-0.2, 0) is 6.42 Å². The van der Waals surface area contributed by atoms with E-state index < -0.39 is 30.5 Å². The first kappa shape index (κ1) is 15.6. The number of benzene rings is 1. The number of aryl methyl sites for hydroxylation is 1. The number of nitrogens with zero attached hydrogens (tertiary/aromatic N) is 1. The second-order valence-electron chi connectivity index (χ2n) is 4.33. The van der Waals surface area contributed by atoms with Gasteiger partial charge in [0.1, 0.15) is 11.4 Å². The number of hydrogen-bond donors (Lipinski definition) is 2. The molecule has 0 fully saturated rings. The van der Waals surface area contributed by atoms with Crippen molar-refractivity contribution in [1.82, 2.24) is 9.97 Å². The molecule has 0 amide bonds. The van der Waals surface area contributed by atoms with Gasteiger partial charge in [0.2, 0.25) is 5.88 Å². The Hall–Kier alpha value is -1.83. The van der Waals surface area contributed by atoms with Crippen molar-refractivity contribution in [2.75, 3.05) is 0 Å². The first-order valence-electron chi connectivity index (χ1n) is 5.91. The minimum absolute atomic E-state index is 0.0711. The van der Waals surface area contributed by atoms with Crippen LogP contribution in [0.5, 0.6) is 5.88 Å². The molecule has 0 bridgehead atoms. The second kappa shape index (κ2) is 5.88. The summed E-state index contributed by atoms with van der Waals surface area (Å²) in [7, 11) is 0. The number of halogens is 4. The molecule has 0 aliphatic carbocycles. The zero-order chi connectivity index (χ0) is 15.6. The van der Waals surface area contributed by atoms with E-state index in [1.54, 1.807) is 24.3 Å². The van der Waals surface area contributed by atoms with Gasteiger partial charge in [-0.15, -0.1) is 0 Å². The first-order chi connectivity index (χ1) is 9.76. The molecule has 2 N–H and O–H groups in total. The van der Waals surface area contributed by atoms with Crippen molar-refractivity contribution in [2.45, 2.75) is 19.0 Å². The molecule has 112 valence electrons. The fraction of sp³-hybridized carbons (Fsp3) is 0.231. The number of aromatic hydroxyl groups is 1. The molecule has 0 spiro atoms. The summed E-state index contributed by atoms with van der Waals surface area (Å²) < 4.78 is 37.2. The van der Waals surface area contributed by atoms with Crippen molar-refractivity contribution in [3.63, 3.8) is 0 Å². The lowest BCUT2D eigenvalue weighted by Gasteiger charge is -2.08. The summed E-state index contributed by atoms with van der Waals surface area (Å²) in [6.45, 7) is 0. The highest BCUT2D eigenvalue weighted by Gasteiger charge is 2.27. The van der Waals surface area contributed by atoms with E-state index in [-0.39, 0.29) is 11.4 Å². The average Bonchev–Trinajstić information content (AvgIpc) is 2.37. The predicted molar refractivity (Wildman–Crippen MR) is 74.0 cm³/mol. The maximum Gasteiger partial charge on any atom is 0.389 e. The van der Waals surface area contributed by atoms with Crippen molar-refractivity contribution in [2.24, 2.45) is 0 Å². The van der Waals surface area contributed by atoms with Crippen LogP contribution in [0.4, 0.5) is 13.2 Å². The third kappa shape index (κ3) is 4.07. The van der Waals surface area contributed by atoms with Gasteiger partial charge in [0.15, 0.2) is 0 Å². The summed E-state index contributed by atoms with van der Waals surface area (Å²) in [4.78, 5) is 17.8. The molecular formula is C13H10BrF3N2O2. The van der Waals surface area contributed by atoms with Gasteiger partial charge in [0.25, 0.3) is 5.56 Å². The molecular weight excluding hydrogens is 353 g/mol. The Morgan fingerprint density at radius 1 is 1.24 bits per heavy atom. The summed E-state index contributed by atoms with van der Waals surface area (Å²) in [5.74, 6) is -0.783. The normalized spacial score (nSPS) is 11.6. The van der Waals surface area contributed by atoms with Gasteiger partial charge in [-0.05, 0) is 17.7 Å². The van der Waals surface area contributed by atoms with Gasteiger partial charge in [-0.3, -0.25) is 4.79 Å². The Morgan fingerprint density at radius 2 is 1.86 bits per heavy atom. The number of rotatable bonds is 3. The largest absolute Gasteiger partial charge is 0.493 e. The van der Waals surface area contributed by atoms with Gasteiger partial charge < -0.3 is 10.1 Å². The molecule has 2 rings (SSSR count). The number of nitrogens with one attached hydrogen (secondary N) is 1. The van der Waals surface area contributed by atoms with Gasteiger partial charge in [0, 0.05) is 10.9 Å². The number of alkyl halides is 3. The second-order valence-corrected chi connectivity index (χ2v) is 5.25. The monoisotopic (exact) mass is 362 g/mol. The zero-order valence-corrected chi connectivity index (χ0v) is 12.1. The lowest BCUT2D eigenvalue weighted by atomic mass is 10.1. The quantitative estimate of drug-likeness (QED) is 0.879. The van der Waals surface area contributed by atoms with E-state index in [9.17, 15) is 23.1 Å². The van der Waals surface area contributed by atoms with E-state index in [4.69, 9.17) is 0 Å². The number of aromatic amines is 1. The third-order valence-electron chi connectivity index (χ3n) is 2.73. The number of H-pyrrole nitrogens is 1. The molecule has 4 nitrogen and oxygen atoms in total. The van der Waals surface area contributed by atoms with Gasteiger partial charge in [-0.25, -0.2) is 0 Å². The Balaban J connectivity index is 2.34. The zero-order valence-electron chi connectivity index (χ0n) is 10.5. The highest BCUT2D eigenvalue weighted by atomic mass is 79.9. The van der Waals surface area contributed by atoms with E-state index in [1.807, 2.05) is 0 Å². The summed E-state index contributed by atoms with van der Waals surface area (Å²) in [5, 5.41) is 9.80. The predicted octanol–water partition coefficient (Wildman–Crippen LogP) is 3.40. The maximum atomic E-state index is 12.1. The Morgan fingerprint density at radius 3 is 2.38 bits per heavy atom. The van der Waals surface area contributed by atoms with Crippen molar-refractivity contribution in [3.8, 4) is 17.0 Å². The van der Waals surface area contributed by atoms with Crippen LogP contribution in [0.25, 0.3) is 11.1 Å². The summed E-state index contributed by atoms with van der Waals surface area (Å²) in [6.07, 6.45) is -5.96. The van der Waals surface area contributed by atoms with Crippen LogP contribution in [0.3, 0.4) is 0 Å². The standard InChI is InChI=1S/C13H10BrF3N2O2/c14-8-3-1-7(2-4-8)10-11(20)18-9(19-12(10)21)5-6-13(15,16)17/h1-4H,5-6H2,(H2,18,19,20,21). The molecule has 0 aliphatic heterocycles. The molecule has 1 aromatic carbocycles. The van der Waals surface area contributed by atoms with Gasteiger partial charge in [-0.1, -0.05) is 28.1 Å². The van der Waals surface area contributed by atoms with Crippen molar-refractivity contribution >= 4 is 15.9 Å². The molecule has 1 heterocycles. The maximum absolute atomic E-state index is 12.1. The highest BCUT2D eigenvalue weighted by Crippen LogP contribution is 2.26. The van der Waals surface area contributed by atoms with Crippen LogP contribution in [0, 0.1) is 0 Å². The minimum atomic E-state index is -4.35. The van der Waals surface area contributed by atoms with E-state index >= 15 is 0 Å². The third-order valence-corrected chi connectivity index (χ3v) is 3.26. The number of aromatic nitrogens is 2. The van der Waals surface area contributed by atoms with Crippen LogP contribution in [0.1, 0.15) is 12.2 Å². The highest BCUT2D eigenvalue weighted by molar-refractivity contribution is 9.10. The van der Waals surface area contributed by atoms with E-state index in [1.165, 1.54) is 0 Å². The molecule has 8 heteroatoms. The van der Waals surface area contributed by atoms with E-state index in [0.29, 0.717) is 5.56 Å². The number of hydrogen-bond acceptors (Lipinski definition) is 3. The van der Waals surface area contributed by atoms with Crippen molar-refractivity contribution < 1.29 is 18.3 Å². The minimum Gasteiger partial charge on any atom is -0.493 e. The average molecular weight is 363 g/mol. The molecule has 0 unspecified atom stereocenters. The van der Waals surface area contributed by atoms with Crippen molar-refractivity contribution in [1.29, 1.82) is 0 Å².